The minimum atomic E-state index is -4.30. The van der Waals surface area contributed by atoms with E-state index >= 15 is 0 Å². The van der Waals surface area contributed by atoms with Crippen LogP contribution in [-0.4, -0.2) is 48.3 Å². The van der Waals surface area contributed by atoms with Gasteiger partial charge < -0.3 is 15.3 Å². The maximum absolute atomic E-state index is 11.9. The number of carboxylic acid groups (broad SMARTS) is 1. The summed E-state index contributed by atoms with van der Waals surface area (Å²) < 4.78 is 35.7. The summed E-state index contributed by atoms with van der Waals surface area (Å²) in [4.78, 5) is 22.6. The summed E-state index contributed by atoms with van der Waals surface area (Å²) in [5.74, 6) is -1.26. The number of halogens is 3. The Labute approximate surface area is 103 Å². The first-order valence-electron chi connectivity index (χ1n) is 5.39. The number of amides is 2. The second-order valence-corrected chi connectivity index (χ2v) is 4.18. The molecule has 0 aromatic rings. The van der Waals surface area contributed by atoms with Crippen LogP contribution in [0.4, 0.5) is 18.0 Å². The molecule has 5 nitrogen and oxygen atoms in total. The third-order valence-corrected chi connectivity index (χ3v) is 2.20. The van der Waals surface area contributed by atoms with Gasteiger partial charge in [-0.3, -0.25) is 4.79 Å². The molecule has 0 bridgehead atoms. The minimum absolute atomic E-state index is 0.105. The smallest absolute Gasteiger partial charge is 0.390 e. The van der Waals surface area contributed by atoms with Crippen molar-refractivity contribution >= 4 is 12.0 Å². The number of carbonyl (C=O) groups is 2. The van der Waals surface area contributed by atoms with Crippen molar-refractivity contribution in [1.29, 1.82) is 0 Å². The summed E-state index contributed by atoms with van der Waals surface area (Å²) in [6, 6.07) is -0.642. The van der Waals surface area contributed by atoms with Gasteiger partial charge >= 0.3 is 18.2 Å². The molecule has 0 rings (SSSR count). The van der Waals surface area contributed by atoms with E-state index in [4.69, 9.17) is 5.11 Å². The molecule has 2 N–H and O–H groups in total. The van der Waals surface area contributed by atoms with Gasteiger partial charge in [-0.1, -0.05) is 6.92 Å². The second kappa shape index (κ2) is 7.07. The van der Waals surface area contributed by atoms with Crippen LogP contribution in [0.25, 0.3) is 0 Å². The summed E-state index contributed by atoms with van der Waals surface area (Å²) in [5.41, 5.74) is 0. The van der Waals surface area contributed by atoms with Crippen molar-refractivity contribution in [3.8, 4) is 0 Å². The van der Waals surface area contributed by atoms with Gasteiger partial charge in [0, 0.05) is 26.6 Å². The van der Waals surface area contributed by atoms with Crippen LogP contribution in [0, 0.1) is 5.92 Å². The van der Waals surface area contributed by atoms with Gasteiger partial charge in [-0.25, -0.2) is 4.79 Å². The first-order valence-corrected chi connectivity index (χ1v) is 5.39. The van der Waals surface area contributed by atoms with Crippen LogP contribution in [0.2, 0.25) is 0 Å². The normalized spacial score (nSPS) is 12.9. The summed E-state index contributed by atoms with van der Waals surface area (Å²) in [6.45, 7) is 1.31. The molecule has 0 fully saturated rings. The van der Waals surface area contributed by atoms with E-state index in [0.29, 0.717) is 0 Å². The molecule has 1 unspecified atom stereocenters. The monoisotopic (exact) mass is 270 g/mol. The Hall–Kier alpha value is -1.47. The lowest BCUT2D eigenvalue weighted by molar-refractivity contribution is -0.138. The maximum atomic E-state index is 11.9. The number of hydrogen-bond donors (Lipinski definition) is 2. The zero-order valence-corrected chi connectivity index (χ0v) is 10.3. The van der Waals surface area contributed by atoms with Gasteiger partial charge in [-0.05, 0) is 5.92 Å². The maximum Gasteiger partial charge on any atom is 0.390 e. The predicted molar refractivity (Wildman–Crippen MR) is 58.1 cm³/mol. The Balaban J connectivity index is 3.91. The molecule has 0 aliphatic carbocycles. The molecule has 8 heteroatoms. The molecule has 0 aromatic carbocycles. The number of aliphatic carboxylic acids is 1. The van der Waals surface area contributed by atoms with Crippen molar-refractivity contribution in [3.63, 3.8) is 0 Å². The number of hydrogen-bond acceptors (Lipinski definition) is 2. The quantitative estimate of drug-likeness (QED) is 0.771. The van der Waals surface area contributed by atoms with E-state index in [-0.39, 0.29) is 18.9 Å². The lowest BCUT2D eigenvalue weighted by Crippen LogP contribution is -2.40. The highest BCUT2D eigenvalue weighted by Gasteiger charge is 2.28. The van der Waals surface area contributed by atoms with E-state index in [1.807, 2.05) is 0 Å². The van der Waals surface area contributed by atoms with Gasteiger partial charge in [0.1, 0.15) is 0 Å². The fourth-order valence-electron chi connectivity index (χ4n) is 1.16. The molecule has 0 radical (unpaired) electrons. The zero-order valence-electron chi connectivity index (χ0n) is 10.3. The molecule has 2 amide bonds. The Morgan fingerprint density at radius 2 is 1.94 bits per heavy atom. The molecule has 0 aliphatic heterocycles. The highest BCUT2D eigenvalue weighted by atomic mass is 19.4. The van der Waals surface area contributed by atoms with Crippen molar-refractivity contribution in [2.75, 3.05) is 20.1 Å². The topological polar surface area (TPSA) is 69.6 Å². The van der Waals surface area contributed by atoms with Crippen LogP contribution in [0.5, 0.6) is 0 Å². The standard InChI is InChI=1S/C10H17F3N2O3/c1-7(5-8(16)17)6-14-9(18)15(2)4-3-10(11,12)13/h7H,3-6H2,1-2H3,(H,14,18)(H,16,17). The van der Waals surface area contributed by atoms with E-state index in [0.717, 1.165) is 4.90 Å². The zero-order chi connectivity index (χ0) is 14.3. The highest BCUT2D eigenvalue weighted by Crippen LogP contribution is 2.19. The molecule has 0 spiro atoms. The number of nitrogens with one attached hydrogen (secondary N) is 1. The Kier molecular flexibility index (Phi) is 6.50. The minimum Gasteiger partial charge on any atom is -0.481 e. The number of alkyl halides is 3. The summed E-state index contributed by atoms with van der Waals surface area (Å²) >= 11 is 0. The predicted octanol–water partition coefficient (Wildman–Crippen LogP) is 1.69. The van der Waals surface area contributed by atoms with Gasteiger partial charge in [0.15, 0.2) is 0 Å². The fraction of sp³-hybridized carbons (Fsp3) is 0.800. The lowest BCUT2D eigenvalue weighted by atomic mass is 10.1. The van der Waals surface area contributed by atoms with Gasteiger partial charge in [-0.2, -0.15) is 13.2 Å². The summed E-state index contributed by atoms with van der Waals surface area (Å²) in [7, 11) is 1.25. The molecule has 0 aromatic heterocycles. The number of carbonyl (C=O) groups excluding carboxylic acids is 1. The number of carboxylic acids is 1. The van der Waals surface area contributed by atoms with Crippen LogP contribution in [0.1, 0.15) is 19.8 Å². The van der Waals surface area contributed by atoms with Crippen molar-refractivity contribution < 1.29 is 27.9 Å². The third-order valence-electron chi connectivity index (χ3n) is 2.20. The van der Waals surface area contributed by atoms with E-state index in [9.17, 15) is 22.8 Å². The molecule has 106 valence electrons. The van der Waals surface area contributed by atoms with Crippen molar-refractivity contribution in [1.82, 2.24) is 10.2 Å². The van der Waals surface area contributed by atoms with E-state index < -0.39 is 31.1 Å². The average Bonchev–Trinajstić information content (AvgIpc) is 2.20. The number of nitrogens with zero attached hydrogens (tertiary/aromatic N) is 1. The van der Waals surface area contributed by atoms with Crippen LogP contribution in [0.15, 0.2) is 0 Å². The first-order chi connectivity index (χ1) is 8.11. The molecule has 18 heavy (non-hydrogen) atoms. The van der Waals surface area contributed by atoms with E-state index in [1.54, 1.807) is 6.92 Å². The largest absolute Gasteiger partial charge is 0.481 e. The second-order valence-electron chi connectivity index (χ2n) is 4.18. The summed E-state index contributed by atoms with van der Waals surface area (Å²) in [6.07, 6.45) is -5.47. The van der Waals surface area contributed by atoms with Crippen LogP contribution in [0.3, 0.4) is 0 Å². The van der Waals surface area contributed by atoms with Crippen LogP contribution in [-0.2, 0) is 4.79 Å². The molecule has 0 saturated heterocycles. The number of rotatable bonds is 6. The lowest BCUT2D eigenvalue weighted by Gasteiger charge is -2.20. The van der Waals surface area contributed by atoms with Crippen LogP contribution >= 0.6 is 0 Å². The fourth-order valence-corrected chi connectivity index (χ4v) is 1.16. The number of urea groups is 1. The van der Waals surface area contributed by atoms with Crippen LogP contribution < -0.4 is 5.32 Å². The SMILES string of the molecule is CC(CNC(=O)N(C)CCC(F)(F)F)CC(=O)O. The molecule has 1 atom stereocenters. The highest BCUT2D eigenvalue weighted by molar-refractivity contribution is 5.74. The third kappa shape index (κ3) is 8.66. The van der Waals surface area contributed by atoms with Gasteiger partial charge in [0.25, 0.3) is 0 Å². The summed E-state index contributed by atoms with van der Waals surface area (Å²) in [5, 5.41) is 10.9. The molecule has 0 heterocycles. The Morgan fingerprint density at radius 1 is 1.39 bits per heavy atom. The average molecular weight is 270 g/mol. The van der Waals surface area contributed by atoms with Crippen molar-refractivity contribution in [2.45, 2.75) is 25.9 Å². The molecular weight excluding hydrogens is 253 g/mol. The van der Waals surface area contributed by atoms with Gasteiger partial charge in [0.05, 0.1) is 6.42 Å². The van der Waals surface area contributed by atoms with E-state index in [2.05, 4.69) is 5.32 Å². The van der Waals surface area contributed by atoms with Crippen molar-refractivity contribution in [2.24, 2.45) is 5.92 Å². The Morgan fingerprint density at radius 3 is 2.39 bits per heavy atom. The van der Waals surface area contributed by atoms with Crippen molar-refractivity contribution in [3.05, 3.63) is 0 Å². The van der Waals surface area contributed by atoms with E-state index in [1.165, 1.54) is 7.05 Å². The Bertz CT molecular complexity index is 295. The molecule has 0 aliphatic rings. The van der Waals surface area contributed by atoms with Gasteiger partial charge in [0.2, 0.25) is 0 Å². The first kappa shape index (κ1) is 16.5. The molecule has 0 saturated carbocycles. The molecular formula is C10H17F3N2O3. The van der Waals surface area contributed by atoms with Gasteiger partial charge in [-0.15, -0.1) is 0 Å².